The largest absolute Gasteiger partial charge is 0.510 e. The van der Waals surface area contributed by atoms with Crippen LogP contribution in [0.2, 0.25) is 0 Å². The second-order valence-corrected chi connectivity index (χ2v) is 12.6. The van der Waals surface area contributed by atoms with Gasteiger partial charge in [-0.2, -0.15) is 0 Å². The molecule has 0 bridgehead atoms. The number of allylic oxidation sites excluding steroid dienone is 1. The molecule has 0 unspecified atom stereocenters. The van der Waals surface area contributed by atoms with Crippen molar-refractivity contribution in [3.05, 3.63) is 75.8 Å². The summed E-state index contributed by atoms with van der Waals surface area (Å²) in [5.74, 6) is -6.77. The smallest absolute Gasteiger partial charge is 0.255 e. The number of hydrogen-bond donors (Lipinski definition) is 5. The summed E-state index contributed by atoms with van der Waals surface area (Å²) in [6.45, 7) is 2.10. The Bertz CT molecular complexity index is 1620. The van der Waals surface area contributed by atoms with Gasteiger partial charge in [0.2, 0.25) is 5.78 Å². The first kappa shape index (κ1) is 30.0. The van der Waals surface area contributed by atoms with E-state index in [0.29, 0.717) is 38.0 Å². The number of halogens is 1. The van der Waals surface area contributed by atoms with E-state index in [0.717, 1.165) is 16.7 Å². The summed E-state index contributed by atoms with van der Waals surface area (Å²) in [4.78, 5) is 43.3. The van der Waals surface area contributed by atoms with Crippen molar-refractivity contribution in [3.63, 3.8) is 0 Å². The maximum Gasteiger partial charge on any atom is 0.255 e. The molecule has 6 N–H and O–H groups in total. The van der Waals surface area contributed by atoms with Gasteiger partial charge in [0.1, 0.15) is 29.0 Å². The number of aromatic hydroxyl groups is 1. The van der Waals surface area contributed by atoms with E-state index in [9.17, 15) is 39.2 Å². The Morgan fingerprint density at radius 1 is 1.07 bits per heavy atom. The Kier molecular flexibility index (Phi) is 7.38. The van der Waals surface area contributed by atoms with Gasteiger partial charge < -0.3 is 26.2 Å². The molecule has 0 saturated carbocycles. The van der Waals surface area contributed by atoms with Gasteiger partial charge in [-0.3, -0.25) is 24.2 Å². The van der Waals surface area contributed by atoms with Crippen LogP contribution >= 0.6 is 0 Å². The van der Waals surface area contributed by atoms with Crippen LogP contribution in [-0.2, 0) is 22.6 Å². The molecule has 1 saturated heterocycles. The fourth-order valence-electron chi connectivity index (χ4n) is 7.63. The SMILES string of the molecule is CN(C)[C@@H]1C(O)=C(C(N)=O)C(=O)[C@@]2(O)C(O)=C3C(=O)c4c(O)ccc(-c5ccc(CN6CCC(F)CC6)cc5)c4C[C@H]3C[C@@H]12. The van der Waals surface area contributed by atoms with E-state index in [2.05, 4.69) is 4.90 Å². The first-order valence-corrected chi connectivity index (χ1v) is 14.8. The number of likely N-dealkylation sites (tertiary alicyclic amines) is 1. The van der Waals surface area contributed by atoms with E-state index in [-0.39, 0.29) is 29.7 Å². The lowest BCUT2D eigenvalue weighted by Crippen LogP contribution is -2.63. The predicted octanol–water partition coefficient (Wildman–Crippen LogP) is 2.72. The normalized spacial score (nSPS) is 27.8. The molecular weight excluding hydrogens is 569 g/mol. The molecule has 1 heterocycles. The number of piperidine rings is 1. The van der Waals surface area contributed by atoms with Crippen molar-refractivity contribution in [1.82, 2.24) is 9.80 Å². The monoisotopic (exact) mass is 605 g/mol. The number of hydrogen-bond acceptors (Lipinski definition) is 9. The summed E-state index contributed by atoms with van der Waals surface area (Å²) in [5.41, 5.74) is 4.84. The summed E-state index contributed by atoms with van der Waals surface area (Å²) in [6, 6.07) is 9.93. The van der Waals surface area contributed by atoms with Gasteiger partial charge >= 0.3 is 0 Å². The van der Waals surface area contributed by atoms with Crippen LogP contribution in [0.4, 0.5) is 4.39 Å². The van der Waals surface area contributed by atoms with E-state index in [4.69, 9.17) is 5.73 Å². The van der Waals surface area contributed by atoms with Crippen LogP contribution < -0.4 is 5.73 Å². The van der Waals surface area contributed by atoms with Crippen molar-refractivity contribution >= 4 is 17.5 Å². The van der Waals surface area contributed by atoms with Crippen LogP contribution in [0.1, 0.15) is 40.7 Å². The molecule has 0 spiro atoms. The number of primary amides is 1. The maximum absolute atomic E-state index is 14.0. The van der Waals surface area contributed by atoms with Gasteiger partial charge in [-0.25, -0.2) is 4.39 Å². The van der Waals surface area contributed by atoms with E-state index in [1.165, 1.54) is 11.0 Å². The number of alkyl halides is 1. The van der Waals surface area contributed by atoms with Crippen molar-refractivity contribution in [3.8, 4) is 16.9 Å². The fourth-order valence-corrected chi connectivity index (χ4v) is 7.63. The number of nitrogens with zero attached hydrogens (tertiary/aromatic N) is 2. The molecule has 232 valence electrons. The van der Waals surface area contributed by atoms with Crippen molar-refractivity contribution in [2.45, 2.75) is 50.0 Å². The molecule has 4 aliphatic rings. The molecule has 1 aliphatic heterocycles. The molecule has 11 heteroatoms. The zero-order chi connectivity index (χ0) is 31.7. The number of fused-ring (bicyclic) bond motifs is 3. The minimum atomic E-state index is -2.67. The molecule has 3 aliphatic carbocycles. The lowest BCUT2D eigenvalue weighted by molar-refractivity contribution is -0.148. The number of nitrogens with two attached hydrogens (primary N) is 1. The van der Waals surface area contributed by atoms with Gasteiger partial charge in [0, 0.05) is 31.1 Å². The molecule has 6 rings (SSSR count). The van der Waals surface area contributed by atoms with Crippen LogP contribution in [0, 0.1) is 11.8 Å². The van der Waals surface area contributed by atoms with E-state index in [1.54, 1.807) is 20.2 Å². The quantitative estimate of drug-likeness (QED) is 0.322. The van der Waals surface area contributed by atoms with Gasteiger partial charge in [0.15, 0.2) is 11.4 Å². The minimum Gasteiger partial charge on any atom is -0.510 e. The average molecular weight is 606 g/mol. The maximum atomic E-state index is 14.0. The molecule has 10 nitrogen and oxygen atoms in total. The number of rotatable bonds is 5. The Morgan fingerprint density at radius 2 is 1.73 bits per heavy atom. The average Bonchev–Trinajstić information content (AvgIpc) is 2.96. The lowest BCUT2D eigenvalue weighted by Gasteiger charge is -2.50. The summed E-state index contributed by atoms with van der Waals surface area (Å²) in [6.07, 6.45) is 0.550. The molecule has 2 aromatic carbocycles. The van der Waals surface area contributed by atoms with E-state index >= 15 is 0 Å². The number of phenolic OH excluding ortho intramolecular Hbond substituents is 1. The molecule has 4 atom stereocenters. The molecule has 1 amide bonds. The van der Waals surface area contributed by atoms with Crippen LogP contribution in [0.15, 0.2) is 59.1 Å². The zero-order valence-corrected chi connectivity index (χ0v) is 24.6. The fraction of sp³-hybridized carbons (Fsp3) is 0.424. The number of likely N-dealkylation sites (N-methyl/N-ethyl adjacent to an activating group) is 1. The number of carbonyl (C=O) groups is 3. The topological polar surface area (TPSA) is 165 Å². The van der Waals surface area contributed by atoms with Gasteiger partial charge in [-0.1, -0.05) is 30.3 Å². The standard InChI is InChI=1S/C33H36FN3O7/c1-36(2)27-22-14-18-13-21-20(17-5-3-16(4-6-17)15-37-11-9-19(34)10-12-37)7-8-23(38)25(21)28(39)24(18)30(41)33(22,44)31(42)26(29(27)40)32(35)43/h3-8,18-19,22,27,38,40-41,44H,9-15H2,1-2H3,(H2,35,43)/t18-,22-,27-,33-/m0/s1. The Balaban J connectivity index is 1.39. The number of carbonyl (C=O) groups excluding carboxylic acids is 3. The number of aliphatic hydroxyl groups is 3. The Morgan fingerprint density at radius 3 is 2.34 bits per heavy atom. The van der Waals surface area contributed by atoms with Crippen LogP contribution in [0.3, 0.4) is 0 Å². The number of phenols is 1. The van der Waals surface area contributed by atoms with Crippen LogP contribution in [-0.4, -0.2) is 92.7 Å². The molecular formula is C33H36FN3O7. The number of Topliss-reactive ketones (excluding diaryl/α,β-unsaturated/α-hetero) is 2. The highest BCUT2D eigenvalue weighted by molar-refractivity contribution is 6.24. The molecule has 0 radical (unpaired) electrons. The highest BCUT2D eigenvalue weighted by atomic mass is 19.1. The van der Waals surface area contributed by atoms with E-state index in [1.807, 2.05) is 24.3 Å². The van der Waals surface area contributed by atoms with Crippen molar-refractivity contribution < 1.29 is 39.2 Å². The van der Waals surface area contributed by atoms with Crippen LogP contribution in [0.5, 0.6) is 5.75 Å². The van der Waals surface area contributed by atoms with E-state index < -0.39 is 64.2 Å². The molecule has 0 aromatic heterocycles. The first-order chi connectivity index (χ1) is 20.8. The highest BCUT2D eigenvalue weighted by Gasteiger charge is 2.63. The summed E-state index contributed by atoms with van der Waals surface area (Å²) in [5, 5.41) is 45.0. The Labute approximate surface area is 253 Å². The van der Waals surface area contributed by atoms with Gasteiger partial charge in [-0.05, 0) is 74.0 Å². The lowest BCUT2D eigenvalue weighted by atomic mass is 9.58. The number of benzene rings is 2. The molecule has 1 fully saturated rings. The van der Waals surface area contributed by atoms with Crippen molar-refractivity contribution in [2.24, 2.45) is 17.6 Å². The summed E-state index contributed by atoms with van der Waals surface area (Å²) < 4.78 is 13.5. The number of amides is 1. The Hall–Kier alpha value is -4.06. The predicted molar refractivity (Wildman–Crippen MR) is 159 cm³/mol. The van der Waals surface area contributed by atoms with Gasteiger partial charge in [-0.15, -0.1) is 0 Å². The third kappa shape index (κ3) is 4.53. The summed E-state index contributed by atoms with van der Waals surface area (Å²) in [7, 11) is 3.19. The number of aliphatic hydroxyl groups excluding tert-OH is 2. The third-order valence-electron chi connectivity index (χ3n) is 9.79. The first-order valence-electron chi connectivity index (χ1n) is 14.8. The van der Waals surface area contributed by atoms with Crippen molar-refractivity contribution in [2.75, 3.05) is 27.2 Å². The van der Waals surface area contributed by atoms with Gasteiger partial charge in [0.25, 0.3) is 5.91 Å². The molecule has 2 aromatic rings. The highest BCUT2D eigenvalue weighted by Crippen LogP contribution is 2.53. The zero-order valence-electron chi connectivity index (χ0n) is 24.6. The van der Waals surface area contributed by atoms with Crippen molar-refractivity contribution in [1.29, 1.82) is 0 Å². The second kappa shape index (κ2) is 10.8. The minimum absolute atomic E-state index is 0.0232. The van der Waals surface area contributed by atoms with Gasteiger partial charge in [0.05, 0.1) is 11.6 Å². The number of ketones is 2. The molecule has 44 heavy (non-hydrogen) atoms. The summed E-state index contributed by atoms with van der Waals surface area (Å²) >= 11 is 0. The second-order valence-electron chi connectivity index (χ2n) is 12.6. The van der Waals surface area contributed by atoms with Crippen LogP contribution in [0.25, 0.3) is 11.1 Å². The third-order valence-corrected chi connectivity index (χ3v) is 9.79.